The second kappa shape index (κ2) is 7.15. The minimum absolute atomic E-state index is 0.0655. The highest BCUT2D eigenvalue weighted by Crippen LogP contribution is 2.27. The molecule has 2 atom stereocenters. The molecule has 0 bridgehead atoms. The lowest BCUT2D eigenvalue weighted by Gasteiger charge is -2.24. The third-order valence-corrected chi connectivity index (χ3v) is 4.69. The molecule has 1 aliphatic rings. The Morgan fingerprint density at radius 3 is 2.59 bits per heavy atom. The van der Waals surface area contributed by atoms with Gasteiger partial charge in [-0.25, -0.2) is 4.79 Å². The van der Waals surface area contributed by atoms with Gasteiger partial charge in [-0.1, -0.05) is 35.5 Å². The van der Waals surface area contributed by atoms with Crippen molar-refractivity contribution < 1.29 is 19.5 Å². The van der Waals surface area contributed by atoms with Gasteiger partial charge in [0.2, 0.25) is 5.91 Å². The van der Waals surface area contributed by atoms with E-state index in [1.807, 2.05) is 0 Å². The van der Waals surface area contributed by atoms with Crippen molar-refractivity contribution in [2.75, 3.05) is 6.54 Å². The summed E-state index contributed by atoms with van der Waals surface area (Å²) in [6.07, 6.45) is 0.421. The second-order valence-electron chi connectivity index (χ2n) is 5.17. The van der Waals surface area contributed by atoms with Crippen molar-refractivity contribution in [3.63, 3.8) is 0 Å². The largest absolute Gasteiger partial charge is 0.480 e. The number of carboxylic acids is 1. The van der Waals surface area contributed by atoms with Crippen molar-refractivity contribution in [1.82, 2.24) is 4.90 Å². The predicted octanol–water partition coefficient (Wildman–Crippen LogP) is 2.22. The Bertz CT molecular complexity index is 590. The number of carbonyl (C=O) groups excluding carboxylic acids is 2. The van der Waals surface area contributed by atoms with Gasteiger partial charge in [-0.2, -0.15) is 0 Å². The molecule has 0 aromatic heterocycles. The number of benzene rings is 1. The predicted molar refractivity (Wildman–Crippen MR) is 85.0 cm³/mol. The van der Waals surface area contributed by atoms with Crippen LogP contribution >= 0.6 is 23.4 Å². The van der Waals surface area contributed by atoms with Gasteiger partial charge in [-0.15, -0.1) is 0 Å². The van der Waals surface area contributed by atoms with Crippen molar-refractivity contribution >= 4 is 40.4 Å². The van der Waals surface area contributed by atoms with Crippen LogP contribution < -0.4 is 0 Å². The number of rotatable bonds is 5. The smallest absolute Gasteiger partial charge is 0.326 e. The number of hydrogen-bond acceptors (Lipinski definition) is 4. The molecule has 1 aromatic carbocycles. The van der Waals surface area contributed by atoms with E-state index in [1.165, 1.54) is 11.8 Å². The van der Waals surface area contributed by atoms with Gasteiger partial charge in [-0.05, 0) is 17.7 Å². The molecular formula is C15H16ClNO4S. The summed E-state index contributed by atoms with van der Waals surface area (Å²) in [5.41, 5.74) is 0.798. The molecule has 5 nitrogen and oxygen atoms in total. The fraction of sp³-hybridized carbons (Fsp3) is 0.400. The van der Waals surface area contributed by atoms with Crippen molar-refractivity contribution in [3.8, 4) is 0 Å². The lowest BCUT2D eigenvalue weighted by molar-refractivity contribution is -0.148. The third kappa shape index (κ3) is 4.24. The number of likely N-dealkylation sites (tertiary alicyclic amines) is 1. The molecule has 1 aromatic rings. The molecule has 1 unspecified atom stereocenters. The molecule has 1 amide bonds. The molecule has 1 saturated heterocycles. The SMILES string of the molecule is CC(=O)SC1CC(=O)N([C@@H](Cc2ccc(Cl)cc2)C(=O)O)C1. The summed E-state index contributed by atoms with van der Waals surface area (Å²) in [5.74, 6) is -1.27. The summed E-state index contributed by atoms with van der Waals surface area (Å²) in [7, 11) is 0. The number of hydrogen-bond donors (Lipinski definition) is 1. The van der Waals surface area contributed by atoms with Crippen LogP contribution in [0.15, 0.2) is 24.3 Å². The van der Waals surface area contributed by atoms with Crippen LogP contribution in [-0.2, 0) is 20.8 Å². The van der Waals surface area contributed by atoms with E-state index in [2.05, 4.69) is 0 Å². The quantitative estimate of drug-likeness (QED) is 0.888. The number of nitrogens with zero attached hydrogens (tertiary/aromatic N) is 1. The number of carbonyl (C=O) groups is 3. The standard InChI is InChI=1S/C15H16ClNO4S/c1-9(18)22-12-7-14(19)17(8-12)13(15(20)21)6-10-2-4-11(16)5-3-10/h2-5,12-13H,6-8H2,1H3,(H,20,21)/t12?,13-/m0/s1. The van der Waals surface area contributed by atoms with Crippen molar-refractivity contribution in [2.24, 2.45) is 0 Å². The van der Waals surface area contributed by atoms with Gasteiger partial charge in [0, 0.05) is 36.6 Å². The van der Waals surface area contributed by atoms with E-state index in [-0.39, 0.29) is 35.7 Å². The first-order valence-corrected chi connectivity index (χ1v) is 8.06. The Morgan fingerprint density at radius 2 is 2.05 bits per heavy atom. The third-order valence-electron chi connectivity index (χ3n) is 3.46. The van der Waals surface area contributed by atoms with Crippen molar-refractivity contribution in [2.45, 2.75) is 31.1 Å². The zero-order valence-corrected chi connectivity index (χ0v) is 13.6. The van der Waals surface area contributed by atoms with Crippen LogP contribution in [0.25, 0.3) is 0 Å². The van der Waals surface area contributed by atoms with E-state index < -0.39 is 12.0 Å². The maximum absolute atomic E-state index is 12.1. The van der Waals surface area contributed by atoms with Crippen LogP contribution in [0.3, 0.4) is 0 Å². The molecular weight excluding hydrogens is 326 g/mol. The first-order valence-electron chi connectivity index (χ1n) is 6.80. The molecule has 0 radical (unpaired) electrons. The molecule has 0 saturated carbocycles. The van der Waals surface area contributed by atoms with Gasteiger partial charge >= 0.3 is 5.97 Å². The number of amides is 1. The molecule has 22 heavy (non-hydrogen) atoms. The Balaban J connectivity index is 2.11. The minimum atomic E-state index is -1.04. The second-order valence-corrected chi connectivity index (χ2v) is 7.08. The zero-order chi connectivity index (χ0) is 16.3. The highest BCUT2D eigenvalue weighted by molar-refractivity contribution is 8.14. The van der Waals surface area contributed by atoms with E-state index in [1.54, 1.807) is 24.3 Å². The van der Waals surface area contributed by atoms with E-state index >= 15 is 0 Å². The van der Waals surface area contributed by atoms with E-state index in [0.717, 1.165) is 17.3 Å². The summed E-state index contributed by atoms with van der Waals surface area (Å²) in [5, 5.41) is 9.78. The Hall–Kier alpha value is -1.53. The summed E-state index contributed by atoms with van der Waals surface area (Å²) in [6, 6.07) is 5.96. The lowest BCUT2D eigenvalue weighted by atomic mass is 10.1. The van der Waals surface area contributed by atoms with Gasteiger partial charge in [0.25, 0.3) is 0 Å². The molecule has 7 heteroatoms. The van der Waals surface area contributed by atoms with Gasteiger partial charge < -0.3 is 10.0 Å². The Kier molecular flexibility index (Phi) is 5.47. The maximum Gasteiger partial charge on any atom is 0.326 e. The van der Waals surface area contributed by atoms with Crippen LogP contribution in [0.4, 0.5) is 0 Å². The number of carboxylic acid groups (broad SMARTS) is 1. The average molecular weight is 342 g/mol. The fourth-order valence-electron chi connectivity index (χ4n) is 2.49. The number of halogens is 1. The summed E-state index contributed by atoms with van der Waals surface area (Å²) < 4.78 is 0. The molecule has 1 fully saturated rings. The normalized spacial score (nSPS) is 19.3. The van der Waals surface area contributed by atoms with Crippen LogP contribution in [0.1, 0.15) is 18.9 Å². The van der Waals surface area contributed by atoms with Gasteiger partial charge in [0.05, 0.1) is 0 Å². The molecule has 1 N–H and O–H groups in total. The van der Waals surface area contributed by atoms with Crippen LogP contribution in [0.2, 0.25) is 5.02 Å². The van der Waals surface area contributed by atoms with E-state index in [0.29, 0.717) is 5.02 Å². The monoisotopic (exact) mass is 341 g/mol. The molecule has 2 rings (SSSR count). The first-order chi connectivity index (χ1) is 10.4. The van der Waals surface area contributed by atoms with Crippen molar-refractivity contribution in [3.05, 3.63) is 34.9 Å². The molecule has 0 aliphatic carbocycles. The maximum atomic E-state index is 12.1. The van der Waals surface area contributed by atoms with Crippen molar-refractivity contribution in [1.29, 1.82) is 0 Å². The number of aliphatic carboxylic acids is 1. The number of thioether (sulfide) groups is 1. The fourth-order valence-corrected chi connectivity index (χ4v) is 3.54. The molecule has 118 valence electrons. The van der Waals surface area contributed by atoms with Gasteiger partial charge in [0.1, 0.15) is 6.04 Å². The van der Waals surface area contributed by atoms with E-state index in [4.69, 9.17) is 11.6 Å². The summed E-state index contributed by atoms with van der Waals surface area (Å²) >= 11 is 6.91. The van der Waals surface area contributed by atoms with Crippen LogP contribution in [-0.4, -0.2) is 44.8 Å². The van der Waals surface area contributed by atoms with Crippen LogP contribution in [0.5, 0.6) is 0 Å². The minimum Gasteiger partial charge on any atom is -0.480 e. The Morgan fingerprint density at radius 1 is 1.41 bits per heavy atom. The topological polar surface area (TPSA) is 74.7 Å². The lowest BCUT2D eigenvalue weighted by Crippen LogP contribution is -2.43. The molecule has 1 heterocycles. The average Bonchev–Trinajstić information content (AvgIpc) is 2.77. The summed E-state index contributed by atoms with van der Waals surface area (Å²) in [4.78, 5) is 36.1. The van der Waals surface area contributed by atoms with Crippen LogP contribution in [0, 0.1) is 0 Å². The highest BCUT2D eigenvalue weighted by atomic mass is 35.5. The molecule has 0 spiro atoms. The van der Waals surface area contributed by atoms with Gasteiger partial charge in [0.15, 0.2) is 5.12 Å². The first kappa shape index (κ1) is 16.8. The summed E-state index contributed by atoms with van der Waals surface area (Å²) in [6.45, 7) is 1.73. The molecule has 1 aliphatic heterocycles. The zero-order valence-electron chi connectivity index (χ0n) is 12.0. The Labute approximate surface area is 137 Å². The highest BCUT2D eigenvalue weighted by Gasteiger charge is 2.38. The van der Waals surface area contributed by atoms with E-state index in [9.17, 15) is 19.5 Å². The van der Waals surface area contributed by atoms with Gasteiger partial charge in [-0.3, -0.25) is 9.59 Å².